The molecule has 1 amide bonds. The third-order valence-corrected chi connectivity index (χ3v) is 4.41. The van der Waals surface area contributed by atoms with Gasteiger partial charge in [-0.3, -0.25) is 4.79 Å². The summed E-state index contributed by atoms with van der Waals surface area (Å²) in [6.45, 7) is 6.14. The minimum absolute atomic E-state index is 0.0168. The quantitative estimate of drug-likeness (QED) is 0.773. The summed E-state index contributed by atoms with van der Waals surface area (Å²) >= 11 is 0. The SMILES string of the molecule is CCOC1CC(NC(=O)C2CC2)(C(=O)O)C1(C)C. The van der Waals surface area contributed by atoms with Gasteiger partial charge in [0.2, 0.25) is 5.91 Å². The van der Waals surface area contributed by atoms with E-state index in [0.29, 0.717) is 13.0 Å². The number of aliphatic carboxylic acids is 1. The van der Waals surface area contributed by atoms with Crippen LogP contribution in [0.3, 0.4) is 0 Å². The van der Waals surface area contributed by atoms with Gasteiger partial charge in [-0.1, -0.05) is 13.8 Å². The highest BCUT2D eigenvalue weighted by Crippen LogP contribution is 2.52. The zero-order chi connectivity index (χ0) is 13.6. The fraction of sp³-hybridized carbons (Fsp3) is 0.846. The highest BCUT2D eigenvalue weighted by atomic mass is 16.5. The van der Waals surface area contributed by atoms with Crippen LogP contribution < -0.4 is 5.32 Å². The molecule has 0 bridgehead atoms. The molecule has 2 atom stereocenters. The normalized spacial score (nSPS) is 33.6. The van der Waals surface area contributed by atoms with Gasteiger partial charge in [-0.2, -0.15) is 0 Å². The molecule has 0 heterocycles. The number of hydrogen-bond acceptors (Lipinski definition) is 3. The summed E-state index contributed by atoms with van der Waals surface area (Å²) < 4.78 is 5.54. The molecule has 0 spiro atoms. The lowest BCUT2D eigenvalue weighted by Gasteiger charge is -2.58. The Balaban J connectivity index is 2.13. The third kappa shape index (κ3) is 1.81. The number of carbonyl (C=O) groups excluding carboxylic acids is 1. The maximum Gasteiger partial charge on any atom is 0.330 e. The molecule has 0 aromatic heterocycles. The van der Waals surface area contributed by atoms with Crippen molar-refractivity contribution >= 4 is 11.9 Å². The van der Waals surface area contributed by atoms with Crippen molar-refractivity contribution in [1.82, 2.24) is 5.32 Å². The van der Waals surface area contributed by atoms with E-state index < -0.39 is 16.9 Å². The highest BCUT2D eigenvalue weighted by Gasteiger charge is 2.66. The second-order valence-corrected chi connectivity index (χ2v) is 5.84. The lowest BCUT2D eigenvalue weighted by atomic mass is 9.54. The Bertz CT molecular complexity index is 375. The molecule has 0 aromatic carbocycles. The number of nitrogens with one attached hydrogen (secondary N) is 1. The first kappa shape index (κ1) is 13.3. The largest absolute Gasteiger partial charge is 0.479 e. The van der Waals surface area contributed by atoms with Crippen LogP contribution in [0.25, 0.3) is 0 Å². The molecule has 2 N–H and O–H groups in total. The van der Waals surface area contributed by atoms with Crippen molar-refractivity contribution in [2.75, 3.05) is 6.61 Å². The standard InChI is InChI=1S/C13H21NO4/c1-4-18-9-7-13(11(16)17,12(9,2)3)14-10(15)8-5-6-8/h8-9H,4-7H2,1-3H3,(H,14,15)(H,16,17). The van der Waals surface area contributed by atoms with E-state index in [4.69, 9.17) is 4.74 Å². The van der Waals surface area contributed by atoms with Crippen molar-refractivity contribution in [1.29, 1.82) is 0 Å². The van der Waals surface area contributed by atoms with Crippen molar-refractivity contribution in [3.63, 3.8) is 0 Å². The van der Waals surface area contributed by atoms with Gasteiger partial charge in [0.05, 0.1) is 6.10 Å². The first-order chi connectivity index (χ1) is 8.35. The van der Waals surface area contributed by atoms with Crippen LogP contribution >= 0.6 is 0 Å². The van der Waals surface area contributed by atoms with Crippen LogP contribution in [0.1, 0.15) is 40.0 Å². The molecule has 0 radical (unpaired) electrons. The van der Waals surface area contributed by atoms with Gasteiger partial charge in [0.25, 0.3) is 0 Å². The number of ether oxygens (including phenoxy) is 1. The van der Waals surface area contributed by atoms with Crippen molar-refractivity contribution in [2.24, 2.45) is 11.3 Å². The highest BCUT2D eigenvalue weighted by molar-refractivity contribution is 5.91. The van der Waals surface area contributed by atoms with Gasteiger partial charge in [-0.15, -0.1) is 0 Å². The van der Waals surface area contributed by atoms with Crippen LogP contribution in [0.2, 0.25) is 0 Å². The molecular weight excluding hydrogens is 234 g/mol. The van der Waals surface area contributed by atoms with Crippen LogP contribution in [-0.2, 0) is 14.3 Å². The molecule has 5 heteroatoms. The molecule has 5 nitrogen and oxygen atoms in total. The second-order valence-electron chi connectivity index (χ2n) is 5.84. The summed E-state index contributed by atoms with van der Waals surface area (Å²) in [5.74, 6) is -1.07. The zero-order valence-electron chi connectivity index (χ0n) is 11.2. The van der Waals surface area contributed by atoms with E-state index in [0.717, 1.165) is 12.8 Å². The maximum atomic E-state index is 11.9. The third-order valence-electron chi connectivity index (χ3n) is 4.41. The smallest absolute Gasteiger partial charge is 0.330 e. The van der Waals surface area contributed by atoms with E-state index in [9.17, 15) is 14.7 Å². The van der Waals surface area contributed by atoms with Crippen LogP contribution in [-0.4, -0.2) is 35.2 Å². The van der Waals surface area contributed by atoms with Crippen LogP contribution in [0.4, 0.5) is 0 Å². The van der Waals surface area contributed by atoms with Gasteiger partial charge < -0.3 is 15.2 Å². The number of rotatable bonds is 5. The van der Waals surface area contributed by atoms with Gasteiger partial charge in [-0.05, 0) is 19.8 Å². The molecule has 0 saturated heterocycles. The maximum absolute atomic E-state index is 11.9. The predicted octanol–water partition coefficient (Wildman–Crippen LogP) is 1.17. The van der Waals surface area contributed by atoms with E-state index in [-0.39, 0.29) is 17.9 Å². The fourth-order valence-electron chi connectivity index (χ4n) is 2.69. The minimum atomic E-state index is -1.17. The molecule has 2 fully saturated rings. The second kappa shape index (κ2) is 4.23. The number of carboxylic acids is 1. The molecule has 18 heavy (non-hydrogen) atoms. The van der Waals surface area contributed by atoms with Gasteiger partial charge in [0, 0.05) is 24.4 Å². The lowest BCUT2D eigenvalue weighted by Crippen LogP contribution is -2.76. The van der Waals surface area contributed by atoms with Crippen molar-refractivity contribution in [3.8, 4) is 0 Å². The lowest BCUT2D eigenvalue weighted by molar-refractivity contribution is -0.194. The average Bonchev–Trinajstić information content (AvgIpc) is 3.10. The Morgan fingerprint density at radius 3 is 2.39 bits per heavy atom. The fourth-order valence-corrected chi connectivity index (χ4v) is 2.69. The van der Waals surface area contributed by atoms with Crippen LogP contribution in [0, 0.1) is 11.3 Å². The Morgan fingerprint density at radius 1 is 1.39 bits per heavy atom. The average molecular weight is 255 g/mol. The number of carbonyl (C=O) groups is 2. The molecule has 0 aliphatic heterocycles. The van der Waals surface area contributed by atoms with E-state index in [1.54, 1.807) is 0 Å². The van der Waals surface area contributed by atoms with E-state index in [2.05, 4.69) is 5.32 Å². The van der Waals surface area contributed by atoms with Gasteiger partial charge >= 0.3 is 5.97 Å². The first-order valence-electron chi connectivity index (χ1n) is 6.52. The molecule has 102 valence electrons. The Hall–Kier alpha value is -1.10. The van der Waals surface area contributed by atoms with Crippen molar-refractivity contribution < 1.29 is 19.4 Å². The molecule has 0 aromatic rings. The Labute approximate surface area is 107 Å². The van der Waals surface area contributed by atoms with Gasteiger partial charge in [0.15, 0.2) is 0 Å². The number of hydrogen-bond donors (Lipinski definition) is 2. The van der Waals surface area contributed by atoms with Gasteiger partial charge in [0.1, 0.15) is 5.54 Å². The molecule has 2 saturated carbocycles. The molecule has 2 rings (SSSR count). The predicted molar refractivity (Wildman–Crippen MR) is 65.0 cm³/mol. The summed E-state index contributed by atoms with van der Waals surface area (Å²) in [4.78, 5) is 23.4. The monoisotopic (exact) mass is 255 g/mol. The zero-order valence-corrected chi connectivity index (χ0v) is 11.2. The Morgan fingerprint density at radius 2 is 2.00 bits per heavy atom. The number of amides is 1. The Kier molecular flexibility index (Phi) is 3.13. The summed E-state index contributed by atoms with van der Waals surface area (Å²) in [6, 6.07) is 0. The summed E-state index contributed by atoms with van der Waals surface area (Å²) in [5.41, 5.74) is -1.76. The summed E-state index contributed by atoms with van der Waals surface area (Å²) in [6.07, 6.45) is 1.98. The van der Waals surface area contributed by atoms with E-state index in [1.165, 1.54) is 0 Å². The molecular formula is C13H21NO4. The number of carboxylic acid groups (broad SMARTS) is 1. The topological polar surface area (TPSA) is 75.6 Å². The molecule has 2 unspecified atom stereocenters. The van der Waals surface area contributed by atoms with E-state index in [1.807, 2.05) is 20.8 Å². The first-order valence-corrected chi connectivity index (χ1v) is 6.52. The molecule has 2 aliphatic carbocycles. The van der Waals surface area contributed by atoms with Crippen LogP contribution in [0.15, 0.2) is 0 Å². The summed E-state index contributed by atoms with van der Waals surface area (Å²) in [7, 11) is 0. The van der Waals surface area contributed by atoms with Crippen LogP contribution in [0.5, 0.6) is 0 Å². The summed E-state index contributed by atoms with van der Waals surface area (Å²) in [5, 5.41) is 12.2. The van der Waals surface area contributed by atoms with Crippen molar-refractivity contribution in [2.45, 2.75) is 51.7 Å². The van der Waals surface area contributed by atoms with E-state index >= 15 is 0 Å². The molecule has 2 aliphatic rings. The van der Waals surface area contributed by atoms with Gasteiger partial charge in [-0.25, -0.2) is 4.79 Å². The van der Waals surface area contributed by atoms with Crippen molar-refractivity contribution in [3.05, 3.63) is 0 Å². The minimum Gasteiger partial charge on any atom is -0.479 e.